The van der Waals surface area contributed by atoms with Gasteiger partial charge in [-0.1, -0.05) is 26.0 Å². The highest BCUT2D eigenvalue weighted by molar-refractivity contribution is 6.01. The van der Waals surface area contributed by atoms with Crippen molar-refractivity contribution in [3.63, 3.8) is 0 Å². The summed E-state index contributed by atoms with van der Waals surface area (Å²) in [6.45, 7) is 12.0. The minimum absolute atomic E-state index is 0.300. The number of aldehydes is 1. The van der Waals surface area contributed by atoms with E-state index in [2.05, 4.69) is 17.6 Å². The lowest BCUT2D eigenvalue weighted by atomic mass is 9.87. The predicted octanol–water partition coefficient (Wildman–Crippen LogP) is 4.63. The third-order valence-electron chi connectivity index (χ3n) is 4.28. The van der Waals surface area contributed by atoms with Crippen LogP contribution in [-0.4, -0.2) is 16.9 Å². The van der Waals surface area contributed by atoms with Gasteiger partial charge in [0, 0.05) is 33.7 Å². The summed E-state index contributed by atoms with van der Waals surface area (Å²) in [5, 5.41) is 0.923. The Labute approximate surface area is 130 Å². The highest BCUT2D eigenvalue weighted by Crippen LogP contribution is 2.38. The molecule has 0 fully saturated rings. The molecule has 22 heavy (non-hydrogen) atoms. The van der Waals surface area contributed by atoms with Crippen LogP contribution < -0.4 is 4.74 Å². The van der Waals surface area contributed by atoms with Crippen molar-refractivity contribution in [2.24, 2.45) is 0 Å². The van der Waals surface area contributed by atoms with Crippen LogP contribution in [0.4, 0.5) is 0 Å². The van der Waals surface area contributed by atoms with E-state index in [1.807, 2.05) is 52.0 Å². The molecular formula is C19H21NO2. The lowest BCUT2D eigenvalue weighted by molar-refractivity contribution is 0.112. The summed E-state index contributed by atoms with van der Waals surface area (Å²) in [5.74, 6) is 0.835. The van der Waals surface area contributed by atoms with Gasteiger partial charge in [-0.3, -0.25) is 4.79 Å². The maximum absolute atomic E-state index is 11.6. The second-order valence-corrected chi connectivity index (χ2v) is 6.93. The number of nitrogens with one attached hydrogen (secondary N) is 1. The van der Waals surface area contributed by atoms with E-state index in [1.165, 1.54) is 0 Å². The molecule has 114 valence electrons. The molecule has 0 amide bonds. The van der Waals surface area contributed by atoms with Gasteiger partial charge in [-0.25, -0.2) is 0 Å². The molecule has 1 aliphatic heterocycles. The van der Waals surface area contributed by atoms with Crippen molar-refractivity contribution in [2.75, 3.05) is 0 Å². The topological polar surface area (TPSA) is 42.1 Å². The number of hydrogen-bond acceptors (Lipinski definition) is 2. The Bertz CT molecular complexity index is 806. The van der Waals surface area contributed by atoms with E-state index in [-0.39, 0.29) is 11.0 Å². The number of carbonyl (C=O) groups is 1. The van der Waals surface area contributed by atoms with Crippen molar-refractivity contribution in [1.82, 2.24) is 4.98 Å². The monoisotopic (exact) mass is 295 g/mol. The number of allylic oxidation sites excluding steroid dienone is 1. The van der Waals surface area contributed by atoms with Crippen molar-refractivity contribution >= 4 is 23.3 Å². The molecule has 1 N–H and O–H groups in total. The van der Waals surface area contributed by atoms with Crippen LogP contribution in [0, 0.1) is 0 Å². The summed E-state index contributed by atoms with van der Waals surface area (Å²) in [6, 6.07) is 3.99. The average Bonchev–Trinajstić information content (AvgIpc) is 2.82. The average molecular weight is 295 g/mol. The van der Waals surface area contributed by atoms with Crippen molar-refractivity contribution in [2.45, 2.75) is 38.7 Å². The van der Waals surface area contributed by atoms with Gasteiger partial charge in [0.2, 0.25) is 0 Å². The Morgan fingerprint density at radius 2 is 2.05 bits per heavy atom. The van der Waals surface area contributed by atoms with E-state index in [0.717, 1.165) is 34.2 Å². The van der Waals surface area contributed by atoms with Crippen LogP contribution in [0.3, 0.4) is 0 Å². The molecule has 0 aliphatic carbocycles. The molecule has 3 heteroatoms. The molecule has 1 aromatic heterocycles. The van der Waals surface area contributed by atoms with Gasteiger partial charge in [0.05, 0.1) is 5.52 Å². The summed E-state index contributed by atoms with van der Waals surface area (Å²) >= 11 is 0. The fraction of sp³-hybridized carbons (Fsp3) is 0.316. The van der Waals surface area contributed by atoms with Crippen molar-refractivity contribution in [1.29, 1.82) is 0 Å². The van der Waals surface area contributed by atoms with Crippen LogP contribution in [0.1, 0.15) is 49.3 Å². The summed E-state index contributed by atoms with van der Waals surface area (Å²) in [7, 11) is 0. The summed E-state index contributed by atoms with van der Waals surface area (Å²) in [5.41, 5.74) is 2.88. The van der Waals surface area contributed by atoms with Gasteiger partial charge in [-0.15, -0.1) is 6.58 Å². The molecule has 2 heterocycles. The summed E-state index contributed by atoms with van der Waals surface area (Å²) in [4.78, 5) is 15.0. The molecule has 2 aromatic rings. The van der Waals surface area contributed by atoms with Crippen LogP contribution in [-0.2, 0) is 5.41 Å². The Hall–Kier alpha value is -2.29. The normalized spacial score (nSPS) is 16.2. The fourth-order valence-electron chi connectivity index (χ4n) is 2.82. The van der Waals surface area contributed by atoms with Crippen molar-refractivity contribution in [3.8, 4) is 5.75 Å². The zero-order chi connectivity index (χ0) is 16.1. The van der Waals surface area contributed by atoms with E-state index in [4.69, 9.17) is 4.74 Å². The maximum atomic E-state index is 11.6. The Balaban J connectivity index is 2.27. The molecule has 3 nitrogen and oxygen atoms in total. The molecule has 0 unspecified atom stereocenters. The number of aromatic amines is 1. The molecule has 1 aromatic carbocycles. The Kier molecular flexibility index (Phi) is 3.06. The minimum atomic E-state index is -0.316. The molecule has 3 rings (SSSR count). The first-order chi connectivity index (χ1) is 10.3. The highest BCUT2D eigenvalue weighted by atomic mass is 16.5. The standard InChI is InChI=1S/C19H21NO2/c1-6-18(2,3)17-14(11-21)13-9-12-7-8-19(4,5)22-16(12)10-15(13)20-17/h6-11,20H,1H2,2-5H3. The largest absolute Gasteiger partial charge is 0.483 e. The van der Waals surface area contributed by atoms with Gasteiger partial charge < -0.3 is 9.72 Å². The molecule has 0 saturated heterocycles. The molecule has 1 aliphatic rings. The number of hydrogen-bond donors (Lipinski definition) is 1. The molecular weight excluding hydrogens is 274 g/mol. The summed E-state index contributed by atoms with van der Waals surface area (Å²) in [6.07, 6.45) is 6.86. The van der Waals surface area contributed by atoms with E-state index in [0.29, 0.717) is 5.56 Å². The second-order valence-electron chi connectivity index (χ2n) is 6.93. The number of ether oxygens (including phenoxy) is 1. The Morgan fingerprint density at radius 3 is 2.68 bits per heavy atom. The second kappa shape index (κ2) is 4.60. The smallest absolute Gasteiger partial charge is 0.152 e. The van der Waals surface area contributed by atoms with Crippen molar-refractivity contribution < 1.29 is 9.53 Å². The lowest BCUT2D eigenvalue weighted by Gasteiger charge is -2.27. The van der Waals surface area contributed by atoms with Crippen LogP contribution in [0.5, 0.6) is 5.75 Å². The van der Waals surface area contributed by atoms with E-state index in [9.17, 15) is 4.79 Å². The lowest BCUT2D eigenvalue weighted by Crippen LogP contribution is -2.27. The van der Waals surface area contributed by atoms with E-state index in [1.54, 1.807) is 0 Å². The van der Waals surface area contributed by atoms with Gasteiger partial charge in [-0.2, -0.15) is 0 Å². The number of H-pyrrole nitrogens is 1. The van der Waals surface area contributed by atoms with E-state index >= 15 is 0 Å². The van der Waals surface area contributed by atoms with Crippen molar-refractivity contribution in [3.05, 3.63) is 47.7 Å². The van der Waals surface area contributed by atoms with Gasteiger partial charge in [0.15, 0.2) is 6.29 Å². The number of benzene rings is 1. The molecule has 0 spiro atoms. The Morgan fingerprint density at radius 1 is 1.32 bits per heavy atom. The first kappa shape index (κ1) is 14.6. The zero-order valence-electron chi connectivity index (χ0n) is 13.5. The first-order valence-corrected chi connectivity index (χ1v) is 7.44. The fourth-order valence-corrected chi connectivity index (χ4v) is 2.82. The van der Waals surface area contributed by atoms with Crippen LogP contribution in [0.15, 0.2) is 30.9 Å². The van der Waals surface area contributed by atoms with Crippen LogP contribution in [0.25, 0.3) is 17.0 Å². The minimum Gasteiger partial charge on any atom is -0.483 e. The van der Waals surface area contributed by atoms with Gasteiger partial charge in [0.25, 0.3) is 0 Å². The highest BCUT2D eigenvalue weighted by Gasteiger charge is 2.27. The number of aromatic nitrogens is 1. The molecule has 0 saturated carbocycles. The number of rotatable bonds is 3. The first-order valence-electron chi connectivity index (χ1n) is 7.44. The number of carbonyl (C=O) groups excluding carboxylic acids is 1. The molecule has 0 bridgehead atoms. The van der Waals surface area contributed by atoms with Gasteiger partial charge in [-0.05, 0) is 26.0 Å². The predicted molar refractivity (Wildman–Crippen MR) is 90.7 cm³/mol. The molecule has 0 radical (unpaired) electrons. The number of fused-ring (bicyclic) bond motifs is 2. The quantitative estimate of drug-likeness (QED) is 0.662. The molecule has 0 atom stereocenters. The zero-order valence-corrected chi connectivity index (χ0v) is 13.5. The van der Waals surface area contributed by atoms with Crippen LogP contribution in [0.2, 0.25) is 0 Å². The van der Waals surface area contributed by atoms with E-state index < -0.39 is 0 Å². The third-order valence-corrected chi connectivity index (χ3v) is 4.28. The summed E-state index contributed by atoms with van der Waals surface area (Å²) < 4.78 is 6.01. The van der Waals surface area contributed by atoms with Gasteiger partial charge >= 0.3 is 0 Å². The maximum Gasteiger partial charge on any atom is 0.152 e. The van der Waals surface area contributed by atoms with Crippen LogP contribution >= 0.6 is 0 Å². The third kappa shape index (κ3) is 2.17. The SMILES string of the molecule is C=CC(C)(C)c1[nH]c2cc3c(cc2c1C=O)C=CC(C)(C)O3. The van der Waals surface area contributed by atoms with Gasteiger partial charge in [0.1, 0.15) is 11.4 Å².